The number of hydrogen-bond acceptors (Lipinski definition) is 3. The molecule has 1 amide bonds. The van der Waals surface area contributed by atoms with Gasteiger partial charge in [0.25, 0.3) is 0 Å². The molecule has 0 spiro atoms. The summed E-state index contributed by atoms with van der Waals surface area (Å²) in [7, 11) is 0. The van der Waals surface area contributed by atoms with Crippen LogP contribution in [0.5, 0.6) is 0 Å². The number of nitrogens with one attached hydrogen (secondary N) is 1. The molecule has 1 unspecified atom stereocenters. The van der Waals surface area contributed by atoms with Gasteiger partial charge in [-0.25, -0.2) is 0 Å². The normalized spacial score (nSPS) is 12.1. The van der Waals surface area contributed by atoms with E-state index in [4.69, 9.17) is 5.73 Å². The molecule has 88 valence electrons. The molecule has 1 atom stereocenters. The molecule has 0 bridgehead atoms. The van der Waals surface area contributed by atoms with Gasteiger partial charge in [-0.15, -0.1) is 0 Å². The van der Waals surface area contributed by atoms with E-state index in [0.717, 1.165) is 18.7 Å². The highest BCUT2D eigenvalue weighted by atomic mass is 16.1. The van der Waals surface area contributed by atoms with Crippen molar-refractivity contribution in [2.45, 2.75) is 25.7 Å². The Hall–Kier alpha value is -1.42. The van der Waals surface area contributed by atoms with Crippen molar-refractivity contribution in [1.82, 2.24) is 10.3 Å². The van der Waals surface area contributed by atoms with Crippen molar-refractivity contribution in [2.24, 2.45) is 5.73 Å². The average Bonchev–Trinajstić information content (AvgIpc) is 2.34. The first kappa shape index (κ1) is 12.6. The molecule has 1 aromatic heterocycles. The van der Waals surface area contributed by atoms with Crippen LogP contribution in [-0.2, 0) is 4.79 Å². The first-order valence-electron chi connectivity index (χ1n) is 5.65. The Balaban J connectivity index is 2.52. The van der Waals surface area contributed by atoms with Gasteiger partial charge in [0.1, 0.15) is 0 Å². The van der Waals surface area contributed by atoms with Crippen LogP contribution in [0.25, 0.3) is 0 Å². The molecule has 1 rings (SSSR count). The highest BCUT2D eigenvalue weighted by Gasteiger charge is 2.14. The van der Waals surface area contributed by atoms with Gasteiger partial charge in [0.15, 0.2) is 0 Å². The molecule has 0 aliphatic carbocycles. The summed E-state index contributed by atoms with van der Waals surface area (Å²) >= 11 is 0. The van der Waals surface area contributed by atoms with E-state index < -0.39 is 0 Å². The number of carbonyl (C=O) groups is 1. The van der Waals surface area contributed by atoms with Crippen LogP contribution >= 0.6 is 0 Å². The molecule has 0 saturated carbocycles. The van der Waals surface area contributed by atoms with Crippen LogP contribution < -0.4 is 11.1 Å². The van der Waals surface area contributed by atoms with Crippen LogP contribution in [0.15, 0.2) is 24.4 Å². The van der Waals surface area contributed by atoms with E-state index in [-0.39, 0.29) is 11.8 Å². The van der Waals surface area contributed by atoms with Crippen molar-refractivity contribution in [3.05, 3.63) is 30.1 Å². The Kier molecular flexibility index (Phi) is 5.50. The molecule has 4 nitrogen and oxygen atoms in total. The fourth-order valence-electron chi connectivity index (χ4n) is 1.49. The minimum Gasteiger partial charge on any atom is -0.356 e. The first-order valence-corrected chi connectivity index (χ1v) is 5.65. The van der Waals surface area contributed by atoms with E-state index in [1.165, 1.54) is 0 Å². The van der Waals surface area contributed by atoms with Gasteiger partial charge in [0.2, 0.25) is 5.91 Å². The predicted molar refractivity (Wildman–Crippen MR) is 64.0 cm³/mol. The number of pyridine rings is 1. The molecule has 4 heteroatoms. The number of aromatic nitrogens is 1. The van der Waals surface area contributed by atoms with Gasteiger partial charge in [-0.05, 0) is 18.6 Å². The van der Waals surface area contributed by atoms with Crippen molar-refractivity contribution < 1.29 is 4.79 Å². The van der Waals surface area contributed by atoms with E-state index in [1.807, 2.05) is 25.1 Å². The van der Waals surface area contributed by atoms with Crippen molar-refractivity contribution >= 4 is 5.91 Å². The lowest BCUT2D eigenvalue weighted by molar-refractivity contribution is -0.121. The largest absolute Gasteiger partial charge is 0.356 e. The standard InChI is InChI=1S/C12H19N3O/c1-2-6-15-12(16)8-10(9-13)11-5-3-4-7-14-11/h3-5,7,10H,2,6,8-9,13H2,1H3,(H,15,16). The second kappa shape index (κ2) is 6.95. The molecule has 0 radical (unpaired) electrons. The molecule has 3 N–H and O–H groups in total. The number of rotatable bonds is 6. The van der Waals surface area contributed by atoms with E-state index in [9.17, 15) is 4.79 Å². The first-order chi connectivity index (χ1) is 7.77. The summed E-state index contributed by atoms with van der Waals surface area (Å²) in [6.45, 7) is 3.19. The second-order valence-corrected chi connectivity index (χ2v) is 3.74. The van der Waals surface area contributed by atoms with Crippen LogP contribution in [0.2, 0.25) is 0 Å². The summed E-state index contributed by atoms with van der Waals surface area (Å²) in [4.78, 5) is 15.8. The fourth-order valence-corrected chi connectivity index (χ4v) is 1.49. The molecule has 0 saturated heterocycles. The predicted octanol–water partition coefficient (Wildman–Crippen LogP) is 1.04. The maximum Gasteiger partial charge on any atom is 0.220 e. The summed E-state index contributed by atoms with van der Waals surface area (Å²) in [6, 6.07) is 5.67. The molecule has 0 fully saturated rings. The summed E-state index contributed by atoms with van der Waals surface area (Å²) in [6.07, 6.45) is 3.08. The average molecular weight is 221 g/mol. The highest BCUT2D eigenvalue weighted by molar-refractivity contribution is 5.76. The minimum absolute atomic E-state index is 0.0121. The number of amides is 1. The maximum atomic E-state index is 11.6. The Morgan fingerprint density at radius 1 is 1.56 bits per heavy atom. The minimum atomic E-state index is 0.0121. The SMILES string of the molecule is CCCNC(=O)CC(CN)c1ccccn1. The van der Waals surface area contributed by atoms with E-state index >= 15 is 0 Å². The van der Waals surface area contributed by atoms with E-state index in [0.29, 0.717) is 13.0 Å². The summed E-state index contributed by atoms with van der Waals surface area (Å²) in [5, 5.41) is 2.84. The smallest absolute Gasteiger partial charge is 0.220 e. The van der Waals surface area contributed by atoms with Crippen LogP contribution in [-0.4, -0.2) is 24.0 Å². The molecule has 0 aromatic carbocycles. The summed E-state index contributed by atoms with van der Waals surface area (Å²) in [5.74, 6) is 0.0565. The van der Waals surface area contributed by atoms with Crippen LogP contribution in [0.1, 0.15) is 31.4 Å². The molecular formula is C12H19N3O. The number of carbonyl (C=O) groups excluding carboxylic acids is 1. The highest BCUT2D eigenvalue weighted by Crippen LogP contribution is 2.15. The van der Waals surface area contributed by atoms with Gasteiger partial charge >= 0.3 is 0 Å². The maximum absolute atomic E-state index is 11.6. The van der Waals surface area contributed by atoms with Gasteiger partial charge in [0.05, 0.1) is 0 Å². The Morgan fingerprint density at radius 3 is 2.94 bits per heavy atom. The third-order valence-electron chi connectivity index (χ3n) is 2.39. The van der Waals surface area contributed by atoms with E-state index in [2.05, 4.69) is 10.3 Å². The Bertz CT molecular complexity index is 313. The van der Waals surface area contributed by atoms with Gasteiger partial charge < -0.3 is 11.1 Å². The molecular weight excluding hydrogens is 202 g/mol. The van der Waals surface area contributed by atoms with Crippen LogP contribution in [0, 0.1) is 0 Å². The van der Waals surface area contributed by atoms with Gasteiger partial charge in [-0.1, -0.05) is 13.0 Å². The molecule has 1 aromatic rings. The molecule has 16 heavy (non-hydrogen) atoms. The quantitative estimate of drug-likeness (QED) is 0.754. The summed E-state index contributed by atoms with van der Waals surface area (Å²) in [5.41, 5.74) is 6.55. The van der Waals surface area contributed by atoms with Gasteiger partial charge in [0, 0.05) is 37.3 Å². The number of nitrogens with zero attached hydrogens (tertiary/aromatic N) is 1. The lowest BCUT2D eigenvalue weighted by Gasteiger charge is -2.13. The van der Waals surface area contributed by atoms with Crippen LogP contribution in [0.4, 0.5) is 0 Å². The lowest BCUT2D eigenvalue weighted by Crippen LogP contribution is -2.28. The van der Waals surface area contributed by atoms with Crippen molar-refractivity contribution in [3.63, 3.8) is 0 Å². The topological polar surface area (TPSA) is 68.0 Å². The van der Waals surface area contributed by atoms with E-state index in [1.54, 1.807) is 6.20 Å². The van der Waals surface area contributed by atoms with Crippen molar-refractivity contribution in [2.75, 3.05) is 13.1 Å². The van der Waals surface area contributed by atoms with Crippen LogP contribution in [0.3, 0.4) is 0 Å². The number of hydrogen-bond donors (Lipinski definition) is 2. The third-order valence-corrected chi connectivity index (χ3v) is 2.39. The fraction of sp³-hybridized carbons (Fsp3) is 0.500. The summed E-state index contributed by atoms with van der Waals surface area (Å²) < 4.78 is 0. The monoisotopic (exact) mass is 221 g/mol. The van der Waals surface area contributed by atoms with Crippen molar-refractivity contribution in [1.29, 1.82) is 0 Å². The zero-order valence-electron chi connectivity index (χ0n) is 9.65. The molecule has 1 heterocycles. The lowest BCUT2D eigenvalue weighted by atomic mass is 10.0. The zero-order chi connectivity index (χ0) is 11.8. The third kappa shape index (κ3) is 3.98. The Labute approximate surface area is 96.3 Å². The number of nitrogens with two attached hydrogens (primary N) is 1. The van der Waals surface area contributed by atoms with Gasteiger partial charge in [-0.2, -0.15) is 0 Å². The van der Waals surface area contributed by atoms with Crippen molar-refractivity contribution in [3.8, 4) is 0 Å². The molecule has 0 aliphatic rings. The second-order valence-electron chi connectivity index (χ2n) is 3.74. The Morgan fingerprint density at radius 2 is 2.38 bits per heavy atom. The van der Waals surface area contributed by atoms with Gasteiger partial charge in [-0.3, -0.25) is 9.78 Å². The molecule has 0 aliphatic heterocycles. The zero-order valence-corrected chi connectivity index (χ0v) is 9.65.